The Balaban J connectivity index is 1.36. The van der Waals surface area contributed by atoms with Crippen molar-refractivity contribution in [3.05, 3.63) is 113 Å². The number of fused-ring (bicyclic) bond motifs is 1. The number of benzene rings is 3. The molecule has 1 amide bonds. The molecule has 3 aromatic rings. The maximum atomic E-state index is 15.2. The molecule has 15 nitrogen and oxygen atoms in total. The minimum Gasteiger partial charge on any atom is -0.497 e. The molecular formula is C52H65NO14. The standard InChI is InChI=1S/C52H65NO14/c1-30-36(28-60-9)49(6,7)52(59,43(66-45(55)34-20-16-13-17-21-34)42-50(8,31(2)54)38(62-11)26-39-51(42,58)29-63-39)27-37(30)64-46(56)41-40(32-18-14-12-15-19-32)53(47(57)67-48(3,4)5)44(65-41)33-22-24-35(61-10)25-23-33/h12-25,37-44,58-59H,26-29H2,1-11H3/t37-,38-,39+,40?,41?,42?,43-,44?,50+,51-,52+/m0/s1. The van der Waals surface area contributed by atoms with Crippen LogP contribution >= 0.6 is 0 Å². The lowest BCUT2D eigenvalue weighted by molar-refractivity contribution is -0.342. The summed E-state index contributed by atoms with van der Waals surface area (Å²) in [5.74, 6) is -2.78. The number of aliphatic hydroxyl groups is 2. The Bertz CT molecular complexity index is 2330. The van der Waals surface area contributed by atoms with Crippen LogP contribution in [-0.2, 0) is 42.7 Å². The first-order valence-corrected chi connectivity index (χ1v) is 22.7. The van der Waals surface area contributed by atoms with Crippen molar-refractivity contribution in [2.45, 2.75) is 128 Å². The predicted molar refractivity (Wildman–Crippen MR) is 244 cm³/mol. The van der Waals surface area contributed by atoms with E-state index in [1.165, 1.54) is 33.2 Å². The van der Waals surface area contributed by atoms with Crippen molar-refractivity contribution in [2.24, 2.45) is 16.7 Å². The number of Topliss-reactive ketones (excluding diaryl/α,β-unsaturated/α-hetero) is 1. The lowest BCUT2D eigenvalue weighted by Gasteiger charge is -2.65. The van der Waals surface area contributed by atoms with E-state index in [4.69, 9.17) is 37.9 Å². The van der Waals surface area contributed by atoms with Gasteiger partial charge in [-0.1, -0.05) is 74.5 Å². The molecule has 2 N–H and O–H groups in total. The zero-order valence-corrected chi connectivity index (χ0v) is 40.3. The molecule has 0 spiro atoms. The molecule has 0 aromatic heterocycles. The quantitative estimate of drug-likeness (QED) is 0.101. The lowest BCUT2D eigenvalue weighted by Crippen LogP contribution is -2.79. The van der Waals surface area contributed by atoms with Crippen LogP contribution in [0.1, 0.15) is 102 Å². The highest BCUT2D eigenvalue weighted by atomic mass is 16.6. The predicted octanol–water partition coefficient (Wildman–Crippen LogP) is 7.09. The number of carbonyl (C=O) groups excluding carboxylic acids is 4. The number of amides is 1. The number of hydrogen-bond donors (Lipinski definition) is 2. The molecule has 15 heteroatoms. The van der Waals surface area contributed by atoms with E-state index in [0.717, 1.165) is 0 Å². The maximum absolute atomic E-state index is 15.2. The highest BCUT2D eigenvalue weighted by Crippen LogP contribution is 2.61. The minimum atomic E-state index is -2.20. The second-order valence-electron chi connectivity index (χ2n) is 20.0. The Morgan fingerprint density at radius 1 is 0.881 bits per heavy atom. The number of methoxy groups -OCH3 is 3. The van der Waals surface area contributed by atoms with Gasteiger partial charge in [0.1, 0.15) is 46.6 Å². The van der Waals surface area contributed by atoms with Gasteiger partial charge >= 0.3 is 18.0 Å². The molecule has 4 aliphatic rings. The third-order valence-corrected chi connectivity index (χ3v) is 14.7. The molecule has 3 aromatic carbocycles. The Kier molecular flexibility index (Phi) is 13.9. The van der Waals surface area contributed by atoms with Crippen molar-refractivity contribution in [1.82, 2.24) is 4.90 Å². The van der Waals surface area contributed by atoms with Gasteiger partial charge in [0.15, 0.2) is 12.3 Å². The molecule has 362 valence electrons. The SMILES string of the molecule is COCC1=C(C)[C@@H](OC(=O)C2OC(c3ccc(OC)cc3)N(C(=O)OC(C)(C)C)C2c2ccccc2)C[C@@](O)([C@@H](OC(=O)c2ccccc2)C2[C@]3(O)CO[C@@H]3C[C@H](OC)[C@@]2(C)C(C)=O)C1(C)C. The number of hydrogen-bond acceptors (Lipinski definition) is 14. The number of carbonyl (C=O) groups is 4. The summed E-state index contributed by atoms with van der Waals surface area (Å²) in [6.45, 7) is 13.4. The van der Waals surface area contributed by atoms with E-state index in [2.05, 4.69) is 0 Å². The fourth-order valence-corrected chi connectivity index (χ4v) is 10.8. The summed E-state index contributed by atoms with van der Waals surface area (Å²) in [7, 11) is 4.50. The number of nitrogens with zero attached hydrogens (tertiary/aromatic N) is 1. The van der Waals surface area contributed by atoms with Crippen molar-refractivity contribution in [3.8, 4) is 5.75 Å². The van der Waals surface area contributed by atoms with Crippen molar-refractivity contribution in [3.63, 3.8) is 0 Å². The molecule has 1 saturated carbocycles. The second-order valence-corrected chi connectivity index (χ2v) is 20.0. The molecule has 2 aliphatic heterocycles. The maximum Gasteiger partial charge on any atom is 0.413 e. The van der Waals surface area contributed by atoms with Gasteiger partial charge < -0.3 is 48.1 Å². The summed E-state index contributed by atoms with van der Waals surface area (Å²) in [5.41, 5.74) is -5.42. The lowest BCUT2D eigenvalue weighted by atomic mass is 9.48. The van der Waals surface area contributed by atoms with E-state index in [9.17, 15) is 24.6 Å². The normalized spacial score (nSPS) is 31.8. The monoisotopic (exact) mass is 927 g/mol. The molecule has 7 rings (SSSR count). The average Bonchev–Trinajstić information content (AvgIpc) is 3.70. The van der Waals surface area contributed by atoms with Crippen LogP contribution in [0.4, 0.5) is 4.79 Å². The molecule has 2 heterocycles. The molecule has 0 radical (unpaired) electrons. The summed E-state index contributed by atoms with van der Waals surface area (Å²) < 4.78 is 48.8. The van der Waals surface area contributed by atoms with Gasteiger partial charge in [-0.05, 0) is 82.5 Å². The molecule has 2 aliphatic carbocycles. The van der Waals surface area contributed by atoms with Gasteiger partial charge in [-0.3, -0.25) is 9.69 Å². The number of ketones is 1. The smallest absolute Gasteiger partial charge is 0.413 e. The van der Waals surface area contributed by atoms with Crippen LogP contribution in [0.25, 0.3) is 0 Å². The molecule has 0 bridgehead atoms. The van der Waals surface area contributed by atoms with Gasteiger partial charge in [0.2, 0.25) is 0 Å². The molecule has 3 fully saturated rings. The summed E-state index contributed by atoms with van der Waals surface area (Å²) in [6, 6.07) is 23.0. The first-order chi connectivity index (χ1) is 31.6. The number of rotatable bonds is 13. The minimum absolute atomic E-state index is 0.0432. The Morgan fingerprint density at radius 3 is 2.04 bits per heavy atom. The topological polar surface area (TPSA) is 186 Å². The van der Waals surface area contributed by atoms with Gasteiger partial charge in [-0.25, -0.2) is 14.4 Å². The van der Waals surface area contributed by atoms with E-state index in [1.54, 1.807) is 127 Å². The van der Waals surface area contributed by atoms with Crippen LogP contribution in [0.2, 0.25) is 0 Å². The molecular weight excluding hydrogens is 863 g/mol. The molecule has 11 atom stereocenters. The number of esters is 2. The zero-order valence-electron chi connectivity index (χ0n) is 40.3. The third kappa shape index (κ3) is 8.79. The highest BCUT2D eigenvalue weighted by Gasteiger charge is 2.74. The van der Waals surface area contributed by atoms with Crippen molar-refractivity contribution >= 4 is 23.8 Å². The third-order valence-electron chi connectivity index (χ3n) is 14.7. The highest BCUT2D eigenvalue weighted by molar-refractivity contribution is 5.90. The van der Waals surface area contributed by atoms with Gasteiger partial charge in [0, 0.05) is 44.0 Å². The van der Waals surface area contributed by atoms with Crippen LogP contribution in [0.5, 0.6) is 5.75 Å². The Labute approximate surface area is 392 Å². The molecule has 2 saturated heterocycles. The fraction of sp³-hybridized carbons (Fsp3) is 0.538. The summed E-state index contributed by atoms with van der Waals surface area (Å²) in [6.07, 6.45) is -8.04. The van der Waals surface area contributed by atoms with Crippen LogP contribution < -0.4 is 4.74 Å². The second kappa shape index (κ2) is 18.7. The summed E-state index contributed by atoms with van der Waals surface area (Å²) in [4.78, 5) is 59.5. The molecule has 67 heavy (non-hydrogen) atoms. The van der Waals surface area contributed by atoms with Gasteiger partial charge in [-0.15, -0.1) is 0 Å². The summed E-state index contributed by atoms with van der Waals surface area (Å²) in [5, 5.41) is 26.6. The Morgan fingerprint density at radius 2 is 1.51 bits per heavy atom. The van der Waals surface area contributed by atoms with E-state index in [1.807, 2.05) is 6.07 Å². The van der Waals surface area contributed by atoms with Crippen molar-refractivity contribution in [1.29, 1.82) is 0 Å². The van der Waals surface area contributed by atoms with E-state index >= 15 is 4.79 Å². The van der Waals surface area contributed by atoms with E-state index < -0.39 is 94.4 Å². The zero-order chi connectivity index (χ0) is 48.9. The Hall–Kier alpha value is -5.16. The first-order valence-electron chi connectivity index (χ1n) is 22.7. The fourth-order valence-electron chi connectivity index (χ4n) is 10.8. The van der Waals surface area contributed by atoms with Gasteiger partial charge in [0.05, 0.1) is 43.5 Å². The van der Waals surface area contributed by atoms with Crippen molar-refractivity contribution in [2.75, 3.05) is 34.5 Å². The van der Waals surface area contributed by atoms with Gasteiger partial charge in [-0.2, -0.15) is 0 Å². The van der Waals surface area contributed by atoms with Crippen molar-refractivity contribution < 1.29 is 67.3 Å². The van der Waals surface area contributed by atoms with Crippen LogP contribution in [-0.4, -0.2) is 121 Å². The number of ether oxygens (including phenoxy) is 8. The van der Waals surface area contributed by atoms with Crippen LogP contribution in [0.3, 0.4) is 0 Å². The largest absolute Gasteiger partial charge is 0.497 e. The van der Waals surface area contributed by atoms with Crippen LogP contribution in [0.15, 0.2) is 96.1 Å². The van der Waals surface area contributed by atoms with E-state index in [0.29, 0.717) is 28.0 Å². The van der Waals surface area contributed by atoms with Gasteiger partial charge in [0.25, 0.3) is 0 Å². The first kappa shape index (κ1) is 49.7. The van der Waals surface area contributed by atoms with Crippen LogP contribution in [0, 0.1) is 16.7 Å². The summed E-state index contributed by atoms with van der Waals surface area (Å²) >= 11 is 0. The average molecular weight is 928 g/mol. The van der Waals surface area contributed by atoms with E-state index in [-0.39, 0.29) is 37.4 Å². The molecule has 4 unspecified atom stereocenters.